The lowest BCUT2D eigenvalue weighted by molar-refractivity contribution is -0.140. The molecule has 0 aromatic heterocycles. The van der Waals surface area contributed by atoms with Crippen LogP contribution in [0.3, 0.4) is 0 Å². The van der Waals surface area contributed by atoms with E-state index in [1.165, 1.54) is 12.0 Å². The van der Waals surface area contributed by atoms with Gasteiger partial charge in [-0.2, -0.15) is 0 Å². The standard InChI is InChI=1S/C14H20N2O4/c1-4-16(9-8-13(17)20-3)14(18)15-11-6-5-7-12(10-11)19-2/h5-7,10H,4,8-9H2,1-3H3,(H,15,18). The number of carbonyl (C=O) groups excluding carboxylic acids is 2. The van der Waals surface area contributed by atoms with E-state index in [0.717, 1.165) is 0 Å². The third-order valence-corrected chi connectivity index (χ3v) is 2.80. The van der Waals surface area contributed by atoms with Crippen molar-refractivity contribution in [1.29, 1.82) is 0 Å². The van der Waals surface area contributed by atoms with Crippen LogP contribution in [-0.4, -0.2) is 44.2 Å². The van der Waals surface area contributed by atoms with E-state index in [1.807, 2.05) is 6.92 Å². The predicted octanol–water partition coefficient (Wildman–Crippen LogP) is 2.11. The number of methoxy groups -OCH3 is 2. The summed E-state index contributed by atoms with van der Waals surface area (Å²) in [4.78, 5) is 24.7. The smallest absolute Gasteiger partial charge is 0.321 e. The number of rotatable bonds is 6. The van der Waals surface area contributed by atoms with Crippen molar-refractivity contribution in [2.75, 3.05) is 32.6 Å². The number of esters is 1. The van der Waals surface area contributed by atoms with Gasteiger partial charge in [0.25, 0.3) is 0 Å². The zero-order valence-corrected chi connectivity index (χ0v) is 12.0. The summed E-state index contributed by atoms with van der Waals surface area (Å²) in [7, 11) is 2.89. The highest BCUT2D eigenvalue weighted by atomic mass is 16.5. The van der Waals surface area contributed by atoms with E-state index in [0.29, 0.717) is 24.5 Å². The Bertz CT molecular complexity index is 462. The minimum atomic E-state index is -0.336. The van der Waals surface area contributed by atoms with Crippen LogP contribution in [0.25, 0.3) is 0 Å². The fraction of sp³-hybridized carbons (Fsp3) is 0.429. The van der Waals surface area contributed by atoms with Crippen LogP contribution in [-0.2, 0) is 9.53 Å². The fourth-order valence-corrected chi connectivity index (χ4v) is 1.63. The van der Waals surface area contributed by atoms with Crippen molar-refractivity contribution in [2.24, 2.45) is 0 Å². The van der Waals surface area contributed by atoms with Crippen LogP contribution >= 0.6 is 0 Å². The average Bonchev–Trinajstić information content (AvgIpc) is 2.47. The van der Waals surface area contributed by atoms with Crippen LogP contribution < -0.4 is 10.1 Å². The van der Waals surface area contributed by atoms with E-state index in [-0.39, 0.29) is 18.4 Å². The number of anilines is 1. The Labute approximate surface area is 118 Å². The molecule has 0 spiro atoms. The van der Waals surface area contributed by atoms with E-state index in [9.17, 15) is 9.59 Å². The molecule has 20 heavy (non-hydrogen) atoms. The molecule has 6 heteroatoms. The van der Waals surface area contributed by atoms with Gasteiger partial charge in [-0.1, -0.05) is 6.07 Å². The van der Waals surface area contributed by atoms with E-state index in [1.54, 1.807) is 31.4 Å². The number of nitrogens with one attached hydrogen (secondary N) is 1. The second-order valence-electron chi connectivity index (χ2n) is 4.07. The number of carbonyl (C=O) groups is 2. The van der Waals surface area contributed by atoms with Gasteiger partial charge in [-0.05, 0) is 19.1 Å². The van der Waals surface area contributed by atoms with Crippen LogP contribution in [0.15, 0.2) is 24.3 Å². The van der Waals surface area contributed by atoms with Gasteiger partial charge in [0.15, 0.2) is 0 Å². The molecule has 1 rings (SSSR count). The maximum atomic E-state index is 12.1. The lowest BCUT2D eigenvalue weighted by Crippen LogP contribution is -2.36. The van der Waals surface area contributed by atoms with Gasteiger partial charge in [0, 0.05) is 24.8 Å². The lowest BCUT2D eigenvalue weighted by Gasteiger charge is -2.21. The van der Waals surface area contributed by atoms with Gasteiger partial charge < -0.3 is 19.7 Å². The Morgan fingerprint density at radius 1 is 1.30 bits per heavy atom. The number of urea groups is 1. The molecular formula is C14H20N2O4. The zero-order valence-electron chi connectivity index (χ0n) is 12.0. The summed E-state index contributed by atoms with van der Waals surface area (Å²) in [5, 5.41) is 2.76. The average molecular weight is 280 g/mol. The number of hydrogen-bond acceptors (Lipinski definition) is 4. The Kier molecular flexibility index (Phi) is 6.36. The highest BCUT2D eigenvalue weighted by Gasteiger charge is 2.13. The molecule has 1 aromatic carbocycles. The first-order chi connectivity index (χ1) is 9.60. The van der Waals surface area contributed by atoms with Gasteiger partial charge in [0.05, 0.1) is 20.6 Å². The maximum absolute atomic E-state index is 12.1. The van der Waals surface area contributed by atoms with Crippen molar-refractivity contribution < 1.29 is 19.1 Å². The first kappa shape index (κ1) is 15.8. The van der Waals surface area contributed by atoms with Gasteiger partial charge in [-0.15, -0.1) is 0 Å². The van der Waals surface area contributed by atoms with Crippen molar-refractivity contribution in [3.63, 3.8) is 0 Å². The minimum absolute atomic E-state index is 0.176. The van der Waals surface area contributed by atoms with E-state index >= 15 is 0 Å². The number of amides is 2. The summed E-state index contributed by atoms with van der Waals surface area (Å²) in [5.41, 5.74) is 0.644. The third kappa shape index (κ3) is 4.79. The van der Waals surface area contributed by atoms with Crippen molar-refractivity contribution >= 4 is 17.7 Å². The zero-order chi connectivity index (χ0) is 15.0. The molecule has 110 valence electrons. The van der Waals surface area contributed by atoms with Crippen molar-refractivity contribution in [1.82, 2.24) is 4.90 Å². The van der Waals surface area contributed by atoms with Crippen LogP contribution in [0.5, 0.6) is 5.75 Å². The number of benzene rings is 1. The topological polar surface area (TPSA) is 67.9 Å². The Morgan fingerprint density at radius 2 is 2.05 bits per heavy atom. The molecule has 0 heterocycles. The molecule has 1 N–H and O–H groups in total. The van der Waals surface area contributed by atoms with Crippen LogP contribution in [0.2, 0.25) is 0 Å². The molecule has 0 fully saturated rings. The highest BCUT2D eigenvalue weighted by molar-refractivity contribution is 5.89. The quantitative estimate of drug-likeness (QED) is 0.810. The Hall–Kier alpha value is -2.24. The van der Waals surface area contributed by atoms with E-state index < -0.39 is 0 Å². The SMILES string of the molecule is CCN(CCC(=O)OC)C(=O)Nc1cccc(OC)c1. The van der Waals surface area contributed by atoms with Crippen molar-refractivity contribution in [2.45, 2.75) is 13.3 Å². The normalized spacial score (nSPS) is 9.75. The molecule has 0 radical (unpaired) electrons. The van der Waals surface area contributed by atoms with Crippen molar-refractivity contribution in [3.8, 4) is 5.75 Å². The first-order valence-electron chi connectivity index (χ1n) is 6.37. The summed E-state index contributed by atoms with van der Waals surface area (Å²) in [6.45, 7) is 2.67. The third-order valence-electron chi connectivity index (χ3n) is 2.80. The molecule has 0 aliphatic heterocycles. The van der Waals surface area contributed by atoms with Gasteiger partial charge in [0.1, 0.15) is 5.75 Å². The van der Waals surface area contributed by atoms with Crippen LogP contribution in [0, 0.1) is 0 Å². The first-order valence-corrected chi connectivity index (χ1v) is 6.37. The number of nitrogens with zero attached hydrogens (tertiary/aromatic N) is 1. The monoisotopic (exact) mass is 280 g/mol. The molecule has 0 aliphatic carbocycles. The largest absolute Gasteiger partial charge is 0.497 e. The molecule has 0 bridgehead atoms. The second-order valence-corrected chi connectivity index (χ2v) is 4.07. The highest BCUT2D eigenvalue weighted by Crippen LogP contribution is 2.17. The van der Waals surface area contributed by atoms with Gasteiger partial charge in [0.2, 0.25) is 0 Å². The van der Waals surface area contributed by atoms with Gasteiger partial charge in [-0.25, -0.2) is 4.79 Å². The maximum Gasteiger partial charge on any atom is 0.321 e. The molecular weight excluding hydrogens is 260 g/mol. The summed E-state index contributed by atoms with van der Waals surface area (Å²) >= 11 is 0. The Balaban J connectivity index is 2.60. The molecule has 0 saturated carbocycles. The predicted molar refractivity (Wildman–Crippen MR) is 75.9 cm³/mol. The molecule has 6 nitrogen and oxygen atoms in total. The second kappa shape index (κ2) is 8.04. The fourth-order valence-electron chi connectivity index (χ4n) is 1.63. The summed E-state index contributed by atoms with van der Waals surface area (Å²) in [5.74, 6) is 0.332. The van der Waals surface area contributed by atoms with Crippen molar-refractivity contribution in [3.05, 3.63) is 24.3 Å². The lowest BCUT2D eigenvalue weighted by atomic mass is 10.3. The van der Waals surface area contributed by atoms with Crippen LogP contribution in [0.4, 0.5) is 10.5 Å². The molecule has 0 saturated heterocycles. The molecule has 0 aliphatic rings. The molecule has 2 amide bonds. The minimum Gasteiger partial charge on any atom is -0.497 e. The molecule has 0 atom stereocenters. The number of hydrogen-bond donors (Lipinski definition) is 1. The molecule has 0 unspecified atom stereocenters. The Morgan fingerprint density at radius 3 is 2.65 bits per heavy atom. The summed E-state index contributed by atoms with van der Waals surface area (Å²) in [6, 6.07) is 6.83. The van der Waals surface area contributed by atoms with Gasteiger partial charge in [-0.3, -0.25) is 4.79 Å². The molecule has 1 aromatic rings. The van der Waals surface area contributed by atoms with E-state index in [4.69, 9.17) is 4.74 Å². The van der Waals surface area contributed by atoms with Gasteiger partial charge >= 0.3 is 12.0 Å². The van der Waals surface area contributed by atoms with E-state index in [2.05, 4.69) is 10.1 Å². The van der Waals surface area contributed by atoms with Crippen LogP contribution in [0.1, 0.15) is 13.3 Å². The summed E-state index contributed by atoms with van der Waals surface area (Å²) in [6.07, 6.45) is 0.176. The summed E-state index contributed by atoms with van der Waals surface area (Å²) < 4.78 is 9.65. The number of ether oxygens (including phenoxy) is 2.